The van der Waals surface area contributed by atoms with Crippen LogP contribution in [0.4, 0.5) is 0 Å². The van der Waals surface area contributed by atoms with Crippen molar-refractivity contribution >= 4 is 60.4 Å². The van der Waals surface area contributed by atoms with Gasteiger partial charge in [-0.2, -0.15) is 0 Å². The highest BCUT2D eigenvalue weighted by molar-refractivity contribution is 9.12. The van der Waals surface area contributed by atoms with E-state index in [0.29, 0.717) is 18.5 Å². The molecule has 0 fully saturated rings. The quantitative estimate of drug-likeness (QED) is 0.694. The monoisotopic (exact) mass is 447 g/mol. The fourth-order valence-electron chi connectivity index (χ4n) is 1.55. The number of carbonyl (C=O) groups is 1. The first kappa shape index (κ1) is 16.7. The number of amides is 1. The van der Waals surface area contributed by atoms with E-state index in [4.69, 9.17) is 5.11 Å². The minimum absolute atomic E-state index is 0.0598. The Bertz CT molecular complexity index is 697. The largest absolute Gasteiger partial charge is 0.395 e. The van der Waals surface area contributed by atoms with Gasteiger partial charge in [0.2, 0.25) is 0 Å². The molecule has 2 N–H and O–H groups in total. The highest BCUT2D eigenvalue weighted by Crippen LogP contribution is 2.31. The molecule has 2 aromatic heterocycles. The van der Waals surface area contributed by atoms with Gasteiger partial charge in [0.25, 0.3) is 5.91 Å². The lowest BCUT2D eigenvalue weighted by molar-refractivity contribution is 0.0951. The average Bonchev–Trinajstić information content (AvgIpc) is 3.03. The van der Waals surface area contributed by atoms with Gasteiger partial charge in [-0.1, -0.05) is 11.8 Å². The van der Waals surface area contributed by atoms with Crippen molar-refractivity contribution in [3.63, 3.8) is 0 Å². The third-order valence-corrected chi connectivity index (χ3v) is 5.78. The number of halogens is 2. The molecule has 0 radical (unpaired) electrons. The Morgan fingerprint density at radius 1 is 1.43 bits per heavy atom. The van der Waals surface area contributed by atoms with E-state index in [2.05, 4.69) is 49.0 Å². The smallest absolute Gasteiger partial charge is 0.253 e. The lowest BCUT2D eigenvalue weighted by Gasteiger charge is -2.03. The molecule has 0 unspecified atom stereocenters. The third kappa shape index (κ3) is 4.66. The maximum atomic E-state index is 12.1. The number of carbonyl (C=O) groups excluding carboxylic acids is 1. The highest BCUT2D eigenvalue weighted by Gasteiger charge is 2.14. The molecule has 2 rings (SSSR count). The molecule has 21 heavy (non-hydrogen) atoms. The van der Waals surface area contributed by atoms with Gasteiger partial charge in [-0.25, -0.2) is 0 Å². The van der Waals surface area contributed by atoms with Crippen molar-refractivity contribution in [2.45, 2.75) is 13.0 Å². The summed E-state index contributed by atoms with van der Waals surface area (Å²) in [4.78, 5) is 13.1. The molecule has 0 aromatic carbocycles. The summed E-state index contributed by atoms with van der Waals surface area (Å²) >= 11 is 9.76. The summed E-state index contributed by atoms with van der Waals surface area (Å²) in [6, 6.07) is 3.72. The molecule has 2 heterocycles. The van der Waals surface area contributed by atoms with Crippen LogP contribution in [0.15, 0.2) is 25.1 Å². The van der Waals surface area contributed by atoms with Gasteiger partial charge in [-0.15, -0.1) is 22.7 Å². The molecular formula is C14H11Br2NO2S2. The summed E-state index contributed by atoms with van der Waals surface area (Å²) in [6.07, 6.45) is 0.456. The van der Waals surface area contributed by atoms with Crippen LogP contribution < -0.4 is 5.32 Å². The zero-order chi connectivity index (χ0) is 15.2. The van der Waals surface area contributed by atoms with Crippen molar-refractivity contribution in [2.75, 3.05) is 6.61 Å². The van der Waals surface area contributed by atoms with Crippen LogP contribution in [0.2, 0.25) is 0 Å². The predicted molar refractivity (Wildman–Crippen MR) is 93.8 cm³/mol. The third-order valence-electron chi connectivity index (χ3n) is 2.52. The summed E-state index contributed by atoms with van der Waals surface area (Å²) in [5, 5.41) is 13.6. The molecule has 0 saturated heterocycles. The summed E-state index contributed by atoms with van der Waals surface area (Å²) in [6.45, 7) is 0.504. The van der Waals surface area contributed by atoms with E-state index in [1.54, 1.807) is 17.4 Å². The number of thiophene rings is 2. The Balaban J connectivity index is 2.01. The van der Waals surface area contributed by atoms with Crippen molar-refractivity contribution in [3.8, 4) is 11.8 Å². The van der Waals surface area contributed by atoms with Crippen molar-refractivity contribution in [1.29, 1.82) is 0 Å². The Morgan fingerprint density at radius 2 is 2.24 bits per heavy atom. The number of hydrogen-bond donors (Lipinski definition) is 2. The average molecular weight is 449 g/mol. The Hall–Kier alpha value is -0.650. The number of hydrogen-bond acceptors (Lipinski definition) is 4. The molecule has 110 valence electrons. The number of aliphatic hydroxyl groups excluding tert-OH is 1. The molecule has 0 aliphatic rings. The van der Waals surface area contributed by atoms with Gasteiger partial charge in [0, 0.05) is 16.9 Å². The molecule has 7 heteroatoms. The summed E-state index contributed by atoms with van der Waals surface area (Å²) in [5.41, 5.74) is 1.52. The Morgan fingerprint density at radius 3 is 2.90 bits per heavy atom. The van der Waals surface area contributed by atoms with E-state index in [9.17, 15) is 4.79 Å². The second-order valence-electron chi connectivity index (χ2n) is 3.95. The first-order valence-electron chi connectivity index (χ1n) is 6.01. The normalized spacial score (nSPS) is 10.0. The molecule has 3 nitrogen and oxygen atoms in total. The second-order valence-corrected chi connectivity index (χ2v) is 8.70. The van der Waals surface area contributed by atoms with Gasteiger partial charge in [-0.3, -0.25) is 4.79 Å². The molecule has 2 aromatic rings. The minimum Gasteiger partial charge on any atom is -0.395 e. The van der Waals surface area contributed by atoms with Crippen LogP contribution in [0.25, 0.3) is 0 Å². The zero-order valence-corrected chi connectivity index (χ0v) is 15.6. The van der Waals surface area contributed by atoms with Crippen LogP contribution in [0.5, 0.6) is 0 Å². The lowest BCUT2D eigenvalue weighted by Crippen LogP contribution is -2.22. The van der Waals surface area contributed by atoms with Gasteiger partial charge < -0.3 is 10.4 Å². The zero-order valence-electron chi connectivity index (χ0n) is 10.8. The fourth-order valence-corrected chi connectivity index (χ4v) is 5.12. The number of nitrogens with one attached hydrogen (secondary N) is 1. The van der Waals surface area contributed by atoms with E-state index >= 15 is 0 Å². The minimum atomic E-state index is -0.119. The highest BCUT2D eigenvalue weighted by atomic mass is 79.9. The van der Waals surface area contributed by atoms with Crippen LogP contribution in [-0.4, -0.2) is 17.6 Å². The fraction of sp³-hybridized carbons (Fsp3) is 0.214. The molecule has 0 atom stereocenters. The van der Waals surface area contributed by atoms with Gasteiger partial charge in [0.05, 0.1) is 26.3 Å². The SMILES string of the molecule is O=C(NCc1sccc1C#CCCO)c1cc(Br)sc1Br. The molecule has 0 spiro atoms. The van der Waals surface area contributed by atoms with Crippen LogP contribution >= 0.6 is 54.5 Å². The Labute approximate surface area is 147 Å². The van der Waals surface area contributed by atoms with E-state index in [0.717, 1.165) is 18.0 Å². The van der Waals surface area contributed by atoms with Crippen molar-refractivity contribution < 1.29 is 9.90 Å². The van der Waals surface area contributed by atoms with E-state index < -0.39 is 0 Å². The topological polar surface area (TPSA) is 49.3 Å². The number of rotatable bonds is 4. The van der Waals surface area contributed by atoms with E-state index in [1.807, 2.05) is 11.4 Å². The van der Waals surface area contributed by atoms with E-state index in [1.165, 1.54) is 11.3 Å². The first-order chi connectivity index (χ1) is 10.1. The standard InChI is InChI=1S/C14H11Br2NO2S2/c15-12-7-10(13(16)21-12)14(19)17-8-11-9(4-6-20-11)3-1-2-5-18/h4,6-7,18H,2,5,8H2,(H,17,19). The maximum absolute atomic E-state index is 12.1. The van der Waals surface area contributed by atoms with Crippen LogP contribution in [0.1, 0.15) is 27.2 Å². The van der Waals surface area contributed by atoms with Gasteiger partial charge in [0.15, 0.2) is 0 Å². The van der Waals surface area contributed by atoms with Crippen LogP contribution in [-0.2, 0) is 6.54 Å². The summed E-state index contributed by atoms with van der Waals surface area (Å²) in [7, 11) is 0. The maximum Gasteiger partial charge on any atom is 0.253 e. The Kier molecular flexibility index (Phi) is 6.45. The predicted octanol–water partition coefficient (Wildman–Crippen LogP) is 4.00. The van der Waals surface area contributed by atoms with Crippen LogP contribution in [0.3, 0.4) is 0 Å². The molecule has 0 saturated carbocycles. The molecule has 0 aliphatic carbocycles. The number of aliphatic hydroxyl groups is 1. The summed E-state index contributed by atoms with van der Waals surface area (Å²) in [5.74, 6) is 5.78. The van der Waals surface area contributed by atoms with Crippen molar-refractivity contribution in [1.82, 2.24) is 5.32 Å². The first-order valence-corrected chi connectivity index (χ1v) is 9.29. The van der Waals surface area contributed by atoms with Crippen molar-refractivity contribution in [2.24, 2.45) is 0 Å². The summed E-state index contributed by atoms with van der Waals surface area (Å²) < 4.78 is 1.72. The second kappa shape index (κ2) is 8.11. The van der Waals surface area contributed by atoms with Crippen LogP contribution in [0, 0.1) is 11.8 Å². The lowest BCUT2D eigenvalue weighted by atomic mass is 10.2. The molecule has 0 aliphatic heterocycles. The van der Waals surface area contributed by atoms with Gasteiger partial charge in [0.1, 0.15) is 0 Å². The molecular weight excluding hydrogens is 438 g/mol. The van der Waals surface area contributed by atoms with Gasteiger partial charge >= 0.3 is 0 Å². The van der Waals surface area contributed by atoms with Gasteiger partial charge in [-0.05, 0) is 49.4 Å². The molecule has 0 bridgehead atoms. The van der Waals surface area contributed by atoms with Crippen molar-refractivity contribution in [3.05, 3.63) is 41.1 Å². The molecule has 1 amide bonds. The van der Waals surface area contributed by atoms with E-state index in [-0.39, 0.29) is 12.5 Å².